The molecule has 1 aromatic heterocycles. The smallest absolute Gasteiger partial charge is 0.253 e. The van der Waals surface area contributed by atoms with Crippen LogP contribution >= 0.6 is 0 Å². The normalized spacial score (nSPS) is 17.4. The fraction of sp³-hybridized carbons (Fsp3) is 0.452. The van der Waals surface area contributed by atoms with Crippen molar-refractivity contribution < 1.29 is 4.79 Å². The number of amides is 1. The summed E-state index contributed by atoms with van der Waals surface area (Å²) in [5.41, 5.74) is 3.99. The van der Waals surface area contributed by atoms with E-state index in [2.05, 4.69) is 70.8 Å². The number of aromatic amines is 1. The van der Waals surface area contributed by atoms with Gasteiger partial charge in [0.05, 0.1) is 5.69 Å². The number of carbonyl (C=O) groups excluding carboxylic acids is 1. The molecule has 1 amide bonds. The largest absolute Gasteiger partial charge is 0.339 e. The molecule has 8 heteroatoms. The molecule has 2 fully saturated rings. The van der Waals surface area contributed by atoms with Gasteiger partial charge in [-0.2, -0.15) is 0 Å². The van der Waals surface area contributed by atoms with Crippen LogP contribution in [0.4, 0.5) is 5.95 Å². The van der Waals surface area contributed by atoms with E-state index in [0.29, 0.717) is 44.2 Å². The Labute approximate surface area is 231 Å². The number of hydrogen-bond acceptors (Lipinski definition) is 6. The minimum Gasteiger partial charge on any atom is -0.339 e. The lowest BCUT2D eigenvalue weighted by Crippen LogP contribution is -2.49. The molecule has 3 heterocycles. The van der Waals surface area contributed by atoms with Crippen LogP contribution in [-0.2, 0) is 18.5 Å². The van der Waals surface area contributed by atoms with Crippen molar-refractivity contribution in [1.82, 2.24) is 24.7 Å². The van der Waals surface area contributed by atoms with Crippen molar-refractivity contribution in [2.75, 3.05) is 57.3 Å². The Hall–Kier alpha value is -3.49. The van der Waals surface area contributed by atoms with Crippen LogP contribution in [0.2, 0.25) is 0 Å². The summed E-state index contributed by atoms with van der Waals surface area (Å²) in [7, 11) is 0. The van der Waals surface area contributed by atoms with Gasteiger partial charge in [-0.05, 0) is 28.7 Å². The summed E-state index contributed by atoms with van der Waals surface area (Å²) in [6.07, 6.45) is 0. The van der Waals surface area contributed by atoms with Crippen LogP contribution in [0.3, 0.4) is 0 Å². The second-order valence-corrected chi connectivity index (χ2v) is 11.7. The zero-order chi connectivity index (χ0) is 27.4. The lowest BCUT2D eigenvalue weighted by Gasteiger charge is -2.36. The van der Waals surface area contributed by atoms with Crippen LogP contribution in [0.15, 0.2) is 65.5 Å². The number of anilines is 1. The fourth-order valence-electron chi connectivity index (χ4n) is 5.32. The molecular weight excluding hydrogens is 488 g/mol. The van der Waals surface area contributed by atoms with Crippen LogP contribution in [0, 0.1) is 0 Å². The fourth-order valence-corrected chi connectivity index (χ4v) is 5.32. The zero-order valence-corrected chi connectivity index (χ0v) is 23.4. The summed E-state index contributed by atoms with van der Waals surface area (Å²) in [6.45, 7) is 14.5. The number of aromatic nitrogens is 2. The SMILES string of the molecule is CC(C)(C)c1ccc(C(=O)N2CCN(c3nc(CN4CCN(Cc5ccccc5)CC4)cc(=O)[nH]3)CC2)cc1. The minimum atomic E-state index is -0.129. The molecule has 0 unspecified atom stereocenters. The molecule has 0 bridgehead atoms. The molecule has 0 atom stereocenters. The molecule has 0 spiro atoms. The summed E-state index contributed by atoms with van der Waals surface area (Å²) >= 11 is 0. The van der Waals surface area contributed by atoms with E-state index < -0.39 is 0 Å². The summed E-state index contributed by atoms with van der Waals surface area (Å²) < 4.78 is 0. The van der Waals surface area contributed by atoms with Gasteiger partial charge in [0.25, 0.3) is 11.5 Å². The van der Waals surface area contributed by atoms with Crippen molar-refractivity contribution in [2.45, 2.75) is 39.3 Å². The van der Waals surface area contributed by atoms with E-state index in [-0.39, 0.29) is 16.9 Å². The average Bonchev–Trinajstić information content (AvgIpc) is 2.94. The van der Waals surface area contributed by atoms with E-state index in [4.69, 9.17) is 4.98 Å². The van der Waals surface area contributed by atoms with E-state index in [9.17, 15) is 9.59 Å². The Morgan fingerprint density at radius 3 is 2.05 bits per heavy atom. The number of carbonyl (C=O) groups is 1. The maximum absolute atomic E-state index is 13.1. The highest BCUT2D eigenvalue weighted by molar-refractivity contribution is 5.94. The van der Waals surface area contributed by atoms with Crippen LogP contribution in [0.25, 0.3) is 0 Å². The third kappa shape index (κ3) is 6.94. The first-order valence-electron chi connectivity index (χ1n) is 14.0. The first-order valence-corrected chi connectivity index (χ1v) is 14.0. The number of nitrogens with one attached hydrogen (secondary N) is 1. The lowest BCUT2D eigenvalue weighted by molar-refractivity contribution is 0.0746. The van der Waals surface area contributed by atoms with Crippen molar-refractivity contribution in [1.29, 1.82) is 0 Å². The first kappa shape index (κ1) is 27.1. The van der Waals surface area contributed by atoms with Gasteiger partial charge < -0.3 is 9.80 Å². The molecule has 0 radical (unpaired) electrons. The van der Waals surface area contributed by atoms with Crippen molar-refractivity contribution in [3.63, 3.8) is 0 Å². The quantitative estimate of drug-likeness (QED) is 0.529. The minimum absolute atomic E-state index is 0.0525. The first-order chi connectivity index (χ1) is 18.7. The van der Waals surface area contributed by atoms with Crippen molar-refractivity contribution in [3.05, 3.63) is 93.4 Å². The topological polar surface area (TPSA) is 75.8 Å². The van der Waals surface area contributed by atoms with Crippen LogP contribution in [-0.4, -0.2) is 82.9 Å². The van der Waals surface area contributed by atoms with E-state index in [0.717, 1.165) is 38.4 Å². The molecule has 2 aromatic carbocycles. The molecular formula is C31H40N6O2. The molecule has 206 valence electrons. The monoisotopic (exact) mass is 528 g/mol. The molecule has 2 saturated heterocycles. The Morgan fingerprint density at radius 2 is 1.44 bits per heavy atom. The molecule has 1 N–H and O–H groups in total. The second-order valence-electron chi connectivity index (χ2n) is 11.7. The number of piperazine rings is 2. The van der Waals surface area contributed by atoms with Gasteiger partial charge in [0.1, 0.15) is 0 Å². The predicted molar refractivity (Wildman–Crippen MR) is 155 cm³/mol. The zero-order valence-electron chi connectivity index (χ0n) is 23.4. The maximum atomic E-state index is 13.1. The second kappa shape index (κ2) is 11.7. The van der Waals surface area contributed by atoms with Crippen molar-refractivity contribution in [3.8, 4) is 0 Å². The molecule has 3 aromatic rings. The number of rotatable bonds is 6. The summed E-state index contributed by atoms with van der Waals surface area (Å²) in [5, 5.41) is 0. The van der Waals surface area contributed by atoms with Gasteiger partial charge in [-0.1, -0.05) is 63.2 Å². The highest BCUT2D eigenvalue weighted by atomic mass is 16.2. The number of benzene rings is 2. The summed E-state index contributed by atoms with van der Waals surface area (Å²) in [6, 6.07) is 20.1. The predicted octanol–water partition coefficient (Wildman–Crippen LogP) is 3.35. The Balaban J connectivity index is 1.14. The van der Waals surface area contributed by atoms with Gasteiger partial charge >= 0.3 is 0 Å². The van der Waals surface area contributed by atoms with Gasteiger partial charge in [0.2, 0.25) is 5.95 Å². The van der Waals surface area contributed by atoms with Gasteiger partial charge in [-0.25, -0.2) is 4.98 Å². The molecule has 5 rings (SSSR count). The van der Waals surface area contributed by atoms with Crippen molar-refractivity contribution in [2.24, 2.45) is 0 Å². The van der Waals surface area contributed by atoms with E-state index in [1.807, 2.05) is 29.2 Å². The number of nitrogens with zero attached hydrogens (tertiary/aromatic N) is 5. The number of H-pyrrole nitrogens is 1. The van der Waals surface area contributed by atoms with E-state index >= 15 is 0 Å². The molecule has 39 heavy (non-hydrogen) atoms. The van der Waals surface area contributed by atoms with Crippen LogP contribution < -0.4 is 10.5 Å². The highest BCUT2D eigenvalue weighted by Crippen LogP contribution is 2.23. The summed E-state index contributed by atoms with van der Waals surface area (Å²) in [4.78, 5) is 42.1. The highest BCUT2D eigenvalue weighted by Gasteiger charge is 2.25. The Bertz CT molecular complexity index is 1300. The standard InChI is InChI=1S/C31H40N6O2/c1-31(2,3)26-11-9-25(10-12-26)29(39)36-17-19-37(20-18-36)30-32-27(21-28(38)33-30)23-35-15-13-34(14-16-35)22-24-7-5-4-6-8-24/h4-12,21H,13-20,22-23H2,1-3H3,(H,32,33,38). The third-order valence-electron chi connectivity index (χ3n) is 7.75. The number of hydrogen-bond donors (Lipinski definition) is 1. The molecule has 0 aliphatic carbocycles. The van der Waals surface area contributed by atoms with Gasteiger partial charge in [-0.3, -0.25) is 24.4 Å². The Kier molecular flexibility index (Phi) is 8.14. The Morgan fingerprint density at radius 1 is 0.821 bits per heavy atom. The van der Waals surface area contributed by atoms with Gasteiger partial charge in [0.15, 0.2) is 0 Å². The van der Waals surface area contributed by atoms with E-state index in [1.54, 1.807) is 6.07 Å². The maximum Gasteiger partial charge on any atom is 0.253 e. The average molecular weight is 529 g/mol. The van der Waals surface area contributed by atoms with Crippen LogP contribution in [0.5, 0.6) is 0 Å². The van der Waals surface area contributed by atoms with Crippen LogP contribution in [0.1, 0.15) is 48.0 Å². The van der Waals surface area contributed by atoms with Crippen molar-refractivity contribution >= 4 is 11.9 Å². The van der Waals surface area contributed by atoms with E-state index in [1.165, 1.54) is 11.1 Å². The molecule has 0 saturated carbocycles. The molecule has 8 nitrogen and oxygen atoms in total. The lowest BCUT2D eigenvalue weighted by atomic mass is 9.86. The van der Waals surface area contributed by atoms with Gasteiger partial charge in [0, 0.05) is 77.1 Å². The molecule has 2 aliphatic heterocycles. The summed E-state index contributed by atoms with van der Waals surface area (Å²) in [5.74, 6) is 0.651. The third-order valence-corrected chi connectivity index (χ3v) is 7.75. The molecule has 2 aliphatic rings. The van der Waals surface area contributed by atoms with Gasteiger partial charge in [-0.15, -0.1) is 0 Å².